The summed E-state index contributed by atoms with van der Waals surface area (Å²) in [5, 5.41) is 2.23. The lowest BCUT2D eigenvalue weighted by Crippen LogP contribution is -2.14. The summed E-state index contributed by atoms with van der Waals surface area (Å²) < 4.78 is 0. The summed E-state index contributed by atoms with van der Waals surface area (Å²) in [6.45, 7) is 4.67. The lowest BCUT2D eigenvalue weighted by atomic mass is 9.82. The van der Waals surface area contributed by atoms with E-state index < -0.39 is 0 Å². The molecule has 0 aliphatic heterocycles. The van der Waals surface area contributed by atoms with E-state index in [1.807, 2.05) is 12.1 Å². The van der Waals surface area contributed by atoms with Crippen LogP contribution in [0.4, 0.5) is 0 Å². The van der Waals surface area contributed by atoms with Crippen molar-refractivity contribution in [1.29, 1.82) is 0 Å². The number of hydrogen-bond donors (Lipinski definition) is 0. The minimum absolute atomic E-state index is 0.0572. The molecule has 0 atom stereocenters. The van der Waals surface area contributed by atoms with Crippen LogP contribution in [0.25, 0.3) is 89.4 Å². The zero-order valence-corrected chi connectivity index (χ0v) is 30.7. The van der Waals surface area contributed by atoms with Crippen LogP contribution in [0.3, 0.4) is 0 Å². The van der Waals surface area contributed by atoms with E-state index in [1.165, 1.54) is 33.4 Å². The number of fused-ring (bicyclic) bond motifs is 4. The van der Waals surface area contributed by atoms with Gasteiger partial charge >= 0.3 is 0 Å². The summed E-state index contributed by atoms with van der Waals surface area (Å²) in [4.78, 5) is 15.8. The minimum atomic E-state index is -0.0572. The molecule has 0 bridgehead atoms. The average molecular weight is 704 g/mol. The Balaban J connectivity index is 1.17. The van der Waals surface area contributed by atoms with Crippen LogP contribution < -0.4 is 0 Å². The second-order valence-corrected chi connectivity index (χ2v) is 14.8. The largest absolute Gasteiger partial charge is 0.208 e. The van der Waals surface area contributed by atoms with Gasteiger partial charge in [0, 0.05) is 22.1 Å². The Labute approximate surface area is 321 Å². The van der Waals surface area contributed by atoms with Crippen LogP contribution in [0.1, 0.15) is 25.0 Å². The fraction of sp³-hybridized carbons (Fsp3) is 0.0577. The molecular weight excluding hydrogens is 667 g/mol. The number of rotatable bonds is 6. The van der Waals surface area contributed by atoms with Crippen LogP contribution in [0, 0.1) is 0 Å². The van der Waals surface area contributed by atoms with E-state index >= 15 is 0 Å². The van der Waals surface area contributed by atoms with Gasteiger partial charge in [-0.3, -0.25) is 0 Å². The highest BCUT2D eigenvalue weighted by Gasteiger charge is 2.36. The summed E-state index contributed by atoms with van der Waals surface area (Å²) in [5.41, 5.74) is 15.1. The van der Waals surface area contributed by atoms with Crippen molar-refractivity contribution >= 4 is 10.8 Å². The Morgan fingerprint density at radius 1 is 0.327 bits per heavy atom. The molecule has 1 aliphatic rings. The fourth-order valence-electron chi connectivity index (χ4n) is 8.47. The highest BCUT2D eigenvalue weighted by Crippen LogP contribution is 2.52. The van der Waals surface area contributed by atoms with Crippen LogP contribution in [0.5, 0.6) is 0 Å². The molecular formula is C52H37N3. The first kappa shape index (κ1) is 32.7. The van der Waals surface area contributed by atoms with Crippen LogP contribution >= 0.6 is 0 Å². The van der Waals surface area contributed by atoms with Crippen LogP contribution in [-0.4, -0.2) is 15.0 Å². The molecule has 0 unspecified atom stereocenters. The molecule has 8 aromatic carbocycles. The predicted octanol–water partition coefficient (Wildman–Crippen LogP) is 13.3. The van der Waals surface area contributed by atoms with Crippen molar-refractivity contribution in [3.63, 3.8) is 0 Å². The van der Waals surface area contributed by atoms with Crippen molar-refractivity contribution in [2.75, 3.05) is 0 Å². The van der Waals surface area contributed by atoms with Crippen molar-refractivity contribution in [2.45, 2.75) is 19.3 Å². The Hall–Kier alpha value is -6.97. The first-order valence-electron chi connectivity index (χ1n) is 18.9. The van der Waals surface area contributed by atoms with Crippen molar-refractivity contribution in [2.24, 2.45) is 0 Å². The highest BCUT2D eigenvalue weighted by molar-refractivity contribution is 6.00. The fourth-order valence-corrected chi connectivity index (χ4v) is 8.47. The molecule has 260 valence electrons. The molecule has 1 heterocycles. The molecule has 0 amide bonds. The highest BCUT2D eigenvalue weighted by atomic mass is 15.0. The van der Waals surface area contributed by atoms with Gasteiger partial charge in [0.05, 0.1) is 0 Å². The standard InChI is InChI=1S/C52H37N3/c1-52(2)46-29-14-13-26-45(46)48-41(27-16-30-47(48)52)37-31-32-40-36(33-37)21-15-28-44(40)51-54-49(42-24-11-9-22-38(42)34-17-5-3-6-18-34)53-50(55-51)43-25-12-10-23-39(43)35-19-7-4-8-20-35/h3-33H,1-2H3. The summed E-state index contributed by atoms with van der Waals surface area (Å²) in [7, 11) is 0. The van der Waals surface area contributed by atoms with E-state index in [1.54, 1.807) is 0 Å². The molecule has 0 saturated heterocycles. The molecule has 55 heavy (non-hydrogen) atoms. The van der Waals surface area contributed by atoms with Crippen molar-refractivity contribution < 1.29 is 0 Å². The van der Waals surface area contributed by atoms with Gasteiger partial charge < -0.3 is 0 Å². The quantitative estimate of drug-likeness (QED) is 0.173. The van der Waals surface area contributed by atoms with E-state index in [0.717, 1.165) is 49.7 Å². The summed E-state index contributed by atoms with van der Waals surface area (Å²) >= 11 is 0. The maximum absolute atomic E-state index is 5.28. The van der Waals surface area contributed by atoms with Crippen molar-refractivity contribution in [1.82, 2.24) is 15.0 Å². The minimum Gasteiger partial charge on any atom is -0.208 e. The van der Waals surface area contributed by atoms with E-state index in [0.29, 0.717) is 17.5 Å². The van der Waals surface area contributed by atoms with Gasteiger partial charge in [-0.15, -0.1) is 0 Å². The number of benzene rings is 8. The van der Waals surface area contributed by atoms with Gasteiger partial charge in [-0.25, -0.2) is 15.0 Å². The average Bonchev–Trinajstić information content (AvgIpc) is 3.49. The normalized spacial score (nSPS) is 12.7. The lowest BCUT2D eigenvalue weighted by Gasteiger charge is -2.21. The van der Waals surface area contributed by atoms with Gasteiger partial charge in [0.2, 0.25) is 0 Å². The predicted molar refractivity (Wildman–Crippen MR) is 228 cm³/mol. The number of hydrogen-bond acceptors (Lipinski definition) is 3. The SMILES string of the molecule is CC1(C)c2ccccc2-c2c(-c3ccc4c(-c5nc(-c6ccccc6-c6ccccc6)nc(-c6ccccc6-c6ccccc6)n5)cccc4c3)cccc21. The van der Waals surface area contributed by atoms with E-state index in [9.17, 15) is 0 Å². The maximum Gasteiger partial charge on any atom is 0.164 e. The second kappa shape index (κ2) is 13.2. The van der Waals surface area contributed by atoms with Crippen molar-refractivity contribution in [3.8, 4) is 78.7 Å². The monoisotopic (exact) mass is 703 g/mol. The molecule has 0 radical (unpaired) electrons. The van der Waals surface area contributed by atoms with Gasteiger partial charge in [-0.05, 0) is 72.5 Å². The molecule has 1 aliphatic carbocycles. The first-order chi connectivity index (χ1) is 27.0. The topological polar surface area (TPSA) is 38.7 Å². The van der Waals surface area contributed by atoms with E-state index in [4.69, 9.17) is 15.0 Å². The van der Waals surface area contributed by atoms with Gasteiger partial charge in [-0.1, -0.05) is 196 Å². The molecule has 0 spiro atoms. The van der Waals surface area contributed by atoms with Gasteiger partial charge in [0.25, 0.3) is 0 Å². The lowest BCUT2D eigenvalue weighted by molar-refractivity contribution is 0.660. The molecule has 1 aromatic heterocycles. The maximum atomic E-state index is 5.28. The van der Waals surface area contributed by atoms with Gasteiger partial charge in [0.15, 0.2) is 17.5 Å². The first-order valence-corrected chi connectivity index (χ1v) is 18.9. The molecule has 0 N–H and O–H groups in total. The Morgan fingerprint density at radius 2 is 0.782 bits per heavy atom. The summed E-state index contributed by atoms with van der Waals surface area (Å²) in [6, 6.07) is 66.6. The Morgan fingerprint density at radius 3 is 1.40 bits per heavy atom. The third-order valence-electron chi connectivity index (χ3n) is 11.2. The van der Waals surface area contributed by atoms with E-state index in [-0.39, 0.29) is 5.41 Å². The third-order valence-corrected chi connectivity index (χ3v) is 11.2. The third kappa shape index (κ3) is 5.55. The Bertz CT molecular complexity index is 2790. The molecule has 10 rings (SSSR count). The Kier molecular flexibility index (Phi) is 7.81. The van der Waals surface area contributed by atoms with Crippen LogP contribution in [-0.2, 0) is 5.41 Å². The molecule has 0 fully saturated rings. The van der Waals surface area contributed by atoms with Gasteiger partial charge in [0.1, 0.15) is 0 Å². The number of nitrogens with zero attached hydrogens (tertiary/aromatic N) is 3. The zero-order valence-electron chi connectivity index (χ0n) is 30.7. The molecule has 0 saturated carbocycles. The van der Waals surface area contributed by atoms with Crippen LogP contribution in [0.2, 0.25) is 0 Å². The summed E-state index contributed by atoms with van der Waals surface area (Å²) in [5.74, 6) is 1.91. The molecule has 9 aromatic rings. The number of aromatic nitrogens is 3. The van der Waals surface area contributed by atoms with Crippen molar-refractivity contribution in [3.05, 3.63) is 199 Å². The molecule has 3 nitrogen and oxygen atoms in total. The second-order valence-electron chi connectivity index (χ2n) is 14.8. The zero-order chi connectivity index (χ0) is 36.9. The summed E-state index contributed by atoms with van der Waals surface area (Å²) in [6.07, 6.45) is 0. The smallest absolute Gasteiger partial charge is 0.164 e. The van der Waals surface area contributed by atoms with Crippen LogP contribution in [0.15, 0.2) is 188 Å². The van der Waals surface area contributed by atoms with Gasteiger partial charge in [-0.2, -0.15) is 0 Å². The van der Waals surface area contributed by atoms with E-state index in [2.05, 4.69) is 190 Å². The molecule has 3 heteroatoms.